The molecule has 0 saturated carbocycles. The average molecular weight is 1470 g/mol. The standard InChI is InChI=1S/C9H15N.C9H11N.C8H12N2.3C8H10N2.C8H13N.C7H9NO.C7H9NS.9C2H6/c2*1-7-8(2)10-6-4-3-5-9(7)10;1-6-7(2)10-5-4-9(3)8(6)10;1-6-7(2)10-4-3-9-5-8(6)10;1-6-7(2)10-5-9-4-3-8(6)10;1-6-7(2)10-5-3-4-9-8(6)10;1-6-7(2)9-5-3-4-8(6)9;2*1-5-6(2)8-3-4-9-7(5)8;9*1-2/h8H,3-6H2,1-2H3;3-6,8H,1-2H3;4-5,7H,1-3H3;3*3-5,7H,1-2H3;7H,3-5H2,1-2H3;2*3-4,6H,1-2H3;9*1-2H3. The van der Waals surface area contributed by atoms with Crippen LogP contribution in [0.15, 0.2) is 214 Å². The molecule has 0 bridgehead atoms. The Kier molecular flexibility index (Phi) is 44.5. The molecule has 0 spiro atoms. The van der Waals surface area contributed by atoms with Gasteiger partial charge in [0.15, 0.2) is 0 Å². The van der Waals surface area contributed by atoms with E-state index >= 15 is 0 Å². The molecule has 9 atom stereocenters. The minimum atomic E-state index is 0.554. The molecule has 18 aliphatic heterocycles. The summed E-state index contributed by atoms with van der Waals surface area (Å²) < 4.78 is 5.16. The summed E-state index contributed by atoms with van der Waals surface area (Å²) in [6.07, 6.45) is 42.8. The van der Waals surface area contributed by atoms with E-state index in [2.05, 4.69) is 256 Å². The van der Waals surface area contributed by atoms with E-state index in [1.54, 1.807) is 28.8 Å². The summed E-state index contributed by atoms with van der Waals surface area (Å²) in [5.41, 5.74) is 20.7. The van der Waals surface area contributed by atoms with Crippen molar-refractivity contribution in [3.63, 3.8) is 0 Å². The Bertz CT molecular complexity index is 3110. The van der Waals surface area contributed by atoms with E-state index in [1.807, 2.05) is 186 Å². The third-order valence-electron chi connectivity index (χ3n) is 21.1. The Morgan fingerprint density at radius 3 is 1.38 bits per heavy atom. The van der Waals surface area contributed by atoms with Crippen LogP contribution in [0.25, 0.3) is 0 Å². The van der Waals surface area contributed by atoms with Gasteiger partial charge in [0.25, 0.3) is 0 Å². The molecule has 18 aliphatic rings. The number of hydrogen-bond donors (Lipinski definition) is 0. The second-order valence-corrected chi connectivity index (χ2v) is 26.4. The van der Waals surface area contributed by atoms with Crippen molar-refractivity contribution in [2.24, 2.45) is 15.0 Å². The van der Waals surface area contributed by atoms with Gasteiger partial charge in [0, 0.05) is 123 Å². The zero-order valence-electron chi connectivity index (χ0n) is 73.7. The highest BCUT2D eigenvalue weighted by Gasteiger charge is 2.38. The molecule has 18 rings (SSSR count). The maximum atomic E-state index is 5.16. The van der Waals surface area contributed by atoms with Crippen LogP contribution in [0.3, 0.4) is 0 Å². The molecule has 0 aromatic heterocycles. The smallest absolute Gasteiger partial charge is 0.200 e. The molecule has 0 N–H and O–H groups in total. The summed E-state index contributed by atoms with van der Waals surface area (Å²) in [7, 11) is 2.08. The van der Waals surface area contributed by atoms with Gasteiger partial charge < -0.3 is 53.7 Å². The number of hydrogen-bond acceptors (Lipinski definition) is 15. The SMILES string of the molecule is CC.CC.CC.CC.CC.CC.CC.CC.CC.CC1=C2C=CC=CN2C1C.CC1=C2C=CN=CN2C1C.CC1=C2C=NC=CN2C1C.CC1=C2CCCCN2C1C.CC1=C2CCCN2C1C.CC1=C2N(C)C=CN2C1C.CC1=C2N=CC=CN2C1C.CC1=C2OC=CN2C1C.CC1=C2SC=CN2C1C. The molecule has 9 unspecified atom stereocenters. The normalized spacial score (nSPS) is 25.2. The van der Waals surface area contributed by atoms with Crippen molar-refractivity contribution < 1.29 is 4.74 Å². The van der Waals surface area contributed by atoms with E-state index in [1.165, 1.54) is 112 Å². The lowest BCUT2D eigenvalue weighted by atomic mass is 9.89. The molecule has 0 aliphatic carbocycles. The number of rotatable bonds is 0. The van der Waals surface area contributed by atoms with E-state index in [4.69, 9.17) is 4.74 Å². The molecule has 0 aromatic carbocycles. The molecule has 15 heteroatoms. The molecule has 0 radical (unpaired) electrons. The minimum Gasteiger partial charge on any atom is -0.447 e. The van der Waals surface area contributed by atoms with Crippen LogP contribution in [-0.2, 0) is 4.74 Å². The number of ether oxygens (including phenoxy) is 1. The summed E-state index contributed by atoms with van der Waals surface area (Å²) in [5, 5.41) is 3.59. The van der Waals surface area contributed by atoms with Crippen molar-refractivity contribution in [1.82, 2.24) is 49.0 Å². The fourth-order valence-electron chi connectivity index (χ4n) is 13.7. The summed E-state index contributed by atoms with van der Waals surface area (Å²) in [6.45, 7) is 78.3. The number of nitrogens with zero attached hydrogens (tertiary/aromatic N) is 13. The molecule has 105 heavy (non-hydrogen) atoms. The van der Waals surface area contributed by atoms with Crippen molar-refractivity contribution in [3.8, 4) is 0 Å². The molecule has 14 nitrogen and oxygen atoms in total. The van der Waals surface area contributed by atoms with Crippen molar-refractivity contribution in [2.75, 3.05) is 20.1 Å². The van der Waals surface area contributed by atoms with Crippen LogP contribution in [0, 0.1) is 0 Å². The first kappa shape index (κ1) is 95.8. The largest absolute Gasteiger partial charge is 0.447 e. The van der Waals surface area contributed by atoms with E-state index in [0.29, 0.717) is 42.3 Å². The second kappa shape index (κ2) is 48.8. The highest BCUT2D eigenvalue weighted by atomic mass is 32.2. The monoisotopic (exact) mass is 1460 g/mol. The van der Waals surface area contributed by atoms with Gasteiger partial charge in [0.2, 0.25) is 5.88 Å². The van der Waals surface area contributed by atoms with Gasteiger partial charge in [-0.25, -0.2) is 9.98 Å². The highest BCUT2D eigenvalue weighted by molar-refractivity contribution is 8.06. The van der Waals surface area contributed by atoms with Gasteiger partial charge in [-0.3, -0.25) is 4.99 Å². The molecule has 590 valence electrons. The lowest BCUT2D eigenvalue weighted by Crippen LogP contribution is -2.45. The molecule has 2 saturated heterocycles. The zero-order valence-corrected chi connectivity index (χ0v) is 74.6. The predicted octanol–water partition coefficient (Wildman–Crippen LogP) is 24.7. The molecular weight excluding hydrogens is 1310 g/mol. The molecule has 0 amide bonds. The maximum Gasteiger partial charge on any atom is 0.200 e. The van der Waals surface area contributed by atoms with Crippen LogP contribution < -0.4 is 0 Å². The summed E-state index contributed by atoms with van der Waals surface area (Å²) in [6, 6.07) is 5.68. The van der Waals surface area contributed by atoms with Gasteiger partial charge in [-0.1, -0.05) is 142 Å². The van der Waals surface area contributed by atoms with Crippen LogP contribution in [0.2, 0.25) is 0 Å². The van der Waals surface area contributed by atoms with Gasteiger partial charge in [0.1, 0.15) is 17.9 Å². The predicted molar refractivity (Wildman–Crippen MR) is 466 cm³/mol. The van der Waals surface area contributed by atoms with Gasteiger partial charge >= 0.3 is 0 Å². The summed E-state index contributed by atoms with van der Waals surface area (Å²) in [5.74, 6) is 3.53. The molecule has 0 aromatic rings. The van der Waals surface area contributed by atoms with Gasteiger partial charge in [0.05, 0.1) is 65.6 Å². The molecule has 18 heterocycles. The lowest BCUT2D eigenvalue weighted by Gasteiger charge is -2.47. The first-order valence-corrected chi connectivity index (χ1v) is 41.9. The van der Waals surface area contributed by atoms with Crippen molar-refractivity contribution in [1.29, 1.82) is 0 Å². The Balaban J connectivity index is 0.000000575. The van der Waals surface area contributed by atoms with Crippen molar-refractivity contribution in [2.45, 2.75) is 336 Å². The molecule has 2 fully saturated rings. The van der Waals surface area contributed by atoms with Crippen LogP contribution in [0.5, 0.6) is 0 Å². The third-order valence-corrected chi connectivity index (χ3v) is 22.1. The second-order valence-electron chi connectivity index (χ2n) is 25.5. The Morgan fingerprint density at radius 2 is 0.867 bits per heavy atom. The quantitative estimate of drug-likeness (QED) is 0.232. The van der Waals surface area contributed by atoms with E-state index < -0.39 is 0 Å². The molecular formula is C90H153N13OS. The lowest BCUT2D eigenvalue weighted by molar-refractivity contribution is 0.193. The highest BCUT2D eigenvalue weighted by Crippen LogP contribution is 2.44. The van der Waals surface area contributed by atoms with E-state index in [0.717, 1.165) is 23.8 Å². The number of aliphatic imine (C=N–C) groups is 3. The summed E-state index contributed by atoms with van der Waals surface area (Å²) >= 11 is 1.83. The zero-order chi connectivity index (χ0) is 80.3. The van der Waals surface area contributed by atoms with Crippen LogP contribution in [0.1, 0.15) is 281 Å². The first-order valence-electron chi connectivity index (χ1n) is 41.1. The Labute approximate surface area is 650 Å². The van der Waals surface area contributed by atoms with Crippen molar-refractivity contribution in [3.05, 3.63) is 199 Å². The van der Waals surface area contributed by atoms with E-state index in [9.17, 15) is 0 Å². The van der Waals surface area contributed by atoms with Gasteiger partial charge in [-0.2, -0.15) is 0 Å². The number of thioether (sulfide) groups is 1. The van der Waals surface area contributed by atoms with Gasteiger partial charge in [-0.05, 0) is 231 Å². The minimum absolute atomic E-state index is 0.554. The third kappa shape index (κ3) is 22.0. The fourth-order valence-corrected chi connectivity index (χ4v) is 14.7. The van der Waals surface area contributed by atoms with Gasteiger partial charge in [-0.15, -0.1) is 0 Å². The topological polar surface area (TPSA) is 78.7 Å². The van der Waals surface area contributed by atoms with Crippen molar-refractivity contribution >= 4 is 30.5 Å². The number of piperidine rings is 1. The Hall–Kier alpha value is -7.26. The summed E-state index contributed by atoms with van der Waals surface area (Å²) in [4.78, 5) is 35.1. The number of allylic oxidation sites excluding steroid dienone is 8. The average Bonchev–Trinajstić information content (AvgIpc) is 1.48. The number of fused-ring (bicyclic) bond motifs is 9. The van der Waals surface area contributed by atoms with E-state index in [-0.39, 0.29) is 0 Å². The van der Waals surface area contributed by atoms with Crippen LogP contribution in [-0.4, -0.2) is 142 Å². The fraction of sp³-hybridized carbons (Fsp3) is 0.589. The first-order chi connectivity index (χ1) is 50.7. The van der Waals surface area contributed by atoms with Crippen LogP contribution in [0.4, 0.5) is 0 Å². The van der Waals surface area contributed by atoms with Crippen LogP contribution >= 0.6 is 11.8 Å². The maximum absolute atomic E-state index is 5.16. The Morgan fingerprint density at radius 1 is 0.381 bits per heavy atom.